The highest BCUT2D eigenvalue weighted by Crippen LogP contribution is 2.34. The summed E-state index contributed by atoms with van der Waals surface area (Å²) in [6.45, 7) is 23.9. The number of rotatable bonds is 8. The van der Waals surface area contributed by atoms with Crippen LogP contribution in [-0.4, -0.2) is 0 Å². The van der Waals surface area contributed by atoms with Gasteiger partial charge >= 0.3 is 0 Å². The Balaban J connectivity index is 0.000000138. The first kappa shape index (κ1) is 61.9. The van der Waals surface area contributed by atoms with Crippen LogP contribution in [0.5, 0.6) is 0 Å². The van der Waals surface area contributed by atoms with E-state index in [9.17, 15) is 0 Å². The highest BCUT2D eigenvalue weighted by atomic mass is 14.9. The zero-order valence-electron chi connectivity index (χ0n) is 54.0. The number of aromatic nitrogens is 4. The van der Waals surface area contributed by atoms with Crippen molar-refractivity contribution >= 4 is 0 Å². The molecule has 4 aromatic heterocycles. The van der Waals surface area contributed by atoms with Crippen molar-refractivity contribution in [3.63, 3.8) is 0 Å². The Morgan fingerprint density at radius 2 is 0.563 bits per heavy atom. The van der Waals surface area contributed by atoms with Gasteiger partial charge in [0, 0.05) is 69.3 Å². The lowest BCUT2D eigenvalue weighted by molar-refractivity contribution is -0.660. The second-order valence-corrected chi connectivity index (χ2v) is 23.7. The Morgan fingerprint density at radius 1 is 0.195 bits per heavy atom. The normalized spacial score (nSPS) is 10.7. The molecule has 0 aliphatic rings. The maximum absolute atomic E-state index is 2.32. The molecule has 434 valence electrons. The van der Waals surface area contributed by atoms with E-state index in [0.29, 0.717) is 0 Å². The van der Waals surface area contributed by atoms with Crippen LogP contribution >= 0.6 is 0 Å². The van der Waals surface area contributed by atoms with E-state index in [2.05, 4.69) is 372 Å². The molecule has 0 bridgehead atoms. The molecule has 0 spiro atoms. The van der Waals surface area contributed by atoms with Gasteiger partial charge in [0.1, 0.15) is 28.2 Å². The van der Waals surface area contributed by atoms with Gasteiger partial charge in [-0.05, 0) is 208 Å². The van der Waals surface area contributed by atoms with Gasteiger partial charge in [-0.25, -0.2) is 18.3 Å². The minimum absolute atomic E-state index is 1.24. The average Bonchev–Trinajstić information content (AvgIpc) is 2.25. The van der Waals surface area contributed by atoms with Crippen molar-refractivity contribution in [2.24, 2.45) is 28.2 Å². The van der Waals surface area contributed by atoms with E-state index in [-0.39, 0.29) is 0 Å². The number of aryl methyl sites for hydroxylation is 15. The molecule has 8 aromatic carbocycles. The lowest BCUT2D eigenvalue weighted by atomic mass is 9.93. The lowest BCUT2D eigenvalue weighted by Gasteiger charge is -2.12. The minimum atomic E-state index is 1.24. The van der Waals surface area contributed by atoms with Crippen LogP contribution in [0.4, 0.5) is 0 Å². The highest BCUT2D eigenvalue weighted by molar-refractivity contribution is 5.77. The Kier molecular flexibility index (Phi) is 20.0. The van der Waals surface area contributed by atoms with Gasteiger partial charge in [0.2, 0.25) is 22.8 Å². The maximum Gasteiger partial charge on any atom is 0.212 e. The summed E-state index contributed by atoms with van der Waals surface area (Å²) in [7, 11) is 8.44. The lowest BCUT2D eigenvalue weighted by Crippen LogP contribution is -2.31. The standard InChI is InChI=1S/C22H24N.C21H22N.2C20H20N/c1-15-13-22(23(5)14-18(15)4)21-12-16(2)20(11-17(21)3)19-9-7-6-8-10-19;1-15-13-21(22(4)14-17(15)3)20-11-10-19(12-16(20)2)18-8-6-5-7-9-18;1-15-14-19(20-11-7-8-12-21(20)3)16(2)13-18(15)17-9-5-4-6-10-17;1-15-9-12-20(21(3)14-15)18-10-11-19(16(2)13-18)17-7-5-4-6-8-17/h6-14H,1-5H3;5-14H,1-4H3;2*4-14H,1-3H3/q4*+1. The van der Waals surface area contributed by atoms with Crippen LogP contribution < -0.4 is 18.3 Å². The van der Waals surface area contributed by atoms with E-state index in [1.165, 1.54) is 151 Å². The van der Waals surface area contributed by atoms with Crippen LogP contribution in [0, 0.1) is 76.2 Å². The SMILES string of the molecule is Cc1cc(-c2cc(C)c(-c3ccccc3)cc2C)[n+](C)cc1C.Cc1cc(-c2ccc(-c3ccccc3)cc2C)[n+](C)cc1C.Cc1cc(-c2cccc[n+]2C)c(C)cc1-c1ccccc1.Cc1ccc(-c2ccc(-c3ccccc3)c(C)c2)[n+](C)c1. The molecule has 4 heteroatoms. The number of hydrogen-bond donors (Lipinski definition) is 0. The molecule has 12 aromatic rings. The summed E-state index contributed by atoms with van der Waals surface area (Å²) < 4.78 is 8.80. The molecule has 0 amide bonds. The van der Waals surface area contributed by atoms with Crippen molar-refractivity contribution in [1.82, 2.24) is 0 Å². The van der Waals surface area contributed by atoms with Gasteiger partial charge in [0.05, 0.1) is 0 Å². The largest absolute Gasteiger partial charge is 0.212 e. The third-order valence-electron chi connectivity index (χ3n) is 16.9. The predicted molar refractivity (Wildman–Crippen MR) is 366 cm³/mol. The molecule has 0 saturated heterocycles. The van der Waals surface area contributed by atoms with E-state index >= 15 is 0 Å². The average molecular weight is 1140 g/mol. The van der Waals surface area contributed by atoms with Crippen molar-refractivity contribution < 1.29 is 18.3 Å². The number of benzene rings is 8. The predicted octanol–water partition coefficient (Wildman–Crippen LogP) is 18.8. The smallest absolute Gasteiger partial charge is 0.201 e. The fraction of sp³-hybridized carbons (Fsp3) is 0.181. The molecule has 4 nitrogen and oxygen atoms in total. The molecule has 0 aliphatic heterocycles. The first-order valence-corrected chi connectivity index (χ1v) is 30.4. The Hall–Kier alpha value is -9.64. The van der Waals surface area contributed by atoms with Crippen LogP contribution in [0.25, 0.3) is 89.5 Å². The zero-order valence-corrected chi connectivity index (χ0v) is 54.0. The quantitative estimate of drug-likeness (QED) is 0.135. The van der Waals surface area contributed by atoms with Gasteiger partial charge in [-0.2, -0.15) is 0 Å². The Morgan fingerprint density at radius 3 is 1.03 bits per heavy atom. The molecule has 0 N–H and O–H groups in total. The molecule has 0 saturated carbocycles. The van der Waals surface area contributed by atoms with E-state index in [0.717, 1.165) is 0 Å². The fourth-order valence-electron chi connectivity index (χ4n) is 11.7. The second kappa shape index (κ2) is 28.0. The van der Waals surface area contributed by atoms with Crippen molar-refractivity contribution in [2.75, 3.05) is 0 Å². The van der Waals surface area contributed by atoms with Crippen LogP contribution in [0.1, 0.15) is 61.2 Å². The third kappa shape index (κ3) is 14.9. The Labute approximate surface area is 519 Å². The minimum Gasteiger partial charge on any atom is -0.201 e. The summed E-state index contributed by atoms with van der Waals surface area (Å²) in [6.07, 6.45) is 8.67. The van der Waals surface area contributed by atoms with E-state index in [1.807, 2.05) is 0 Å². The van der Waals surface area contributed by atoms with Crippen molar-refractivity contribution in [3.8, 4) is 89.5 Å². The van der Waals surface area contributed by atoms with E-state index in [1.54, 1.807) is 0 Å². The summed E-state index contributed by atoms with van der Waals surface area (Å²) in [5.41, 5.74) is 34.9. The highest BCUT2D eigenvalue weighted by Gasteiger charge is 2.19. The Bertz CT molecular complexity index is 4350. The van der Waals surface area contributed by atoms with E-state index < -0.39 is 0 Å². The molecule has 0 unspecified atom stereocenters. The van der Waals surface area contributed by atoms with Crippen LogP contribution in [-0.2, 0) is 28.2 Å². The van der Waals surface area contributed by atoms with Gasteiger partial charge in [-0.15, -0.1) is 0 Å². The summed E-state index contributed by atoms with van der Waals surface area (Å²) in [6, 6.07) is 80.2. The van der Waals surface area contributed by atoms with Crippen LogP contribution in [0.15, 0.2) is 249 Å². The fourth-order valence-corrected chi connectivity index (χ4v) is 11.7. The number of nitrogens with zero attached hydrogens (tertiary/aromatic N) is 4. The van der Waals surface area contributed by atoms with Crippen LogP contribution in [0.2, 0.25) is 0 Å². The second-order valence-electron chi connectivity index (χ2n) is 23.7. The van der Waals surface area contributed by atoms with Gasteiger partial charge < -0.3 is 0 Å². The summed E-state index contributed by atoms with van der Waals surface area (Å²) in [5, 5.41) is 0. The van der Waals surface area contributed by atoms with E-state index in [4.69, 9.17) is 0 Å². The van der Waals surface area contributed by atoms with Crippen molar-refractivity contribution in [2.45, 2.75) is 76.2 Å². The van der Waals surface area contributed by atoms with Crippen molar-refractivity contribution in [3.05, 3.63) is 310 Å². The summed E-state index contributed by atoms with van der Waals surface area (Å²) >= 11 is 0. The van der Waals surface area contributed by atoms with Crippen molar-refractivity contribution in [1.29, 1.82) is 0 Å². The molecule has 4 heterocycles. The molecule has 87 heavy (non-hydrogen) atoms. The molecular formula is C83H86N4+4. The topological polar surface area (TPSA) is 15.5 Å². The molecular weight excluding hydrogens is 1050 g/mol. The molecule has 0 atom stereocenters. The molecule has 0 aliphatic carbocycles. The van der Waals surface area contributed by atoms with Gasteiger partial charge in [-0.3, -0.25) is 0 Å². The maximum atomic E-state index is 2.32. The number of pyridine rings is 4. The first-order valence-electron chi connectivity index (χ1n) is 30.4. The van der Waals surface area contributed by atoms with Gasteiger partial charge in [0.25, 0.3) is 0 Å². The summed E-state index contributed by atoms with van der Waals surface area (Å²) in [5.74, 6) is 0. The van der Waals surface area contributed by atoms with Gasteiger partial charge in [0.15, 0.2) is 24.8 Å². The first-order chi connectivity index (χ1) is 41.8. The van der Waals surface area contributed by atoms with Gasteiger partial charge in [-0.1, -0.05) is 152 Å². The molecule has 12 rings (SSSR count). The third-order valence-corrected chi connectivity index (χ3v) is 16.9. The van der Waals surface area contributed by atoms with Crippen LogP contribution in [0.3, 0.4) is 0 Å². The zero-order chi connectivity index (χ0) is 61.9. The molecule has 0 radical (unpaired) electrons. The summed E-state index contributed by atoms with van der Waals surface area (Å²) in [4.78, 5) is 0. The monoisotopic (exact) mass is 1140 g/mol. The molecule has 0 fully saturated rings. The number of hydrogen-bond acceptors (Lipinski definition) is 0.